The van der Waals surface area contributed by atoms with Gasteiger partial charge in [0.15, 0.2) is 12.1 Å². The minimum Gasteiger partial charge on any atom is -0.438 e. The van der Waals surface area contributed by atoms with Crippen molar-refractivity contribution in [1.82, 2.24) is 15.2 Å². The summed E-state index contributed by atoms with van der Waals surface area (Å²) < 4.78 is 42.5. The fourth-order valence-electron chi connectivity index (χ4n) is 2.85. The number of nitrogens with zero attached hydrogens (tertiary/aromatic N) is 2. The van der Waals surface area contributed by atoms with Crippen LogP contribution < -0.4 is 5.32 Å². The monoisotopic (exact) mass is 333 g/mol. The van der Waals surface area contributed by atoms with Crippen LogP contribution in [0.3, 0.4) is 0 Å². The van der Waals surface area contributed by atoms with Gasteiger partial charge in [-0.3, -0.25) is 9.69 Å². The molecule has 1 unspecified atom stereocenters. The zero-order valence-electron chi connectivity index (χ0n) is 13.2. The molecule has 1 saturated heterocycles. The van der Waals surface area contributed by atoms with Gasteiger partial charge < -0.3 is 9.73 Å². The number of aromatic nitrogens is 1. The molecule has 2 rings (SSSR count). The third-order valence-corrected chi connectivity index (χ3v) is 4.09. The minimum atomic E-state index is -4.72. The molecule has 1 amide bonds. The first kappa shape index (κ1) is 17.8. The number of halogens is 3. The Hall–Kier alpha value is -1.57. The Labute approximate surface area is 133 Å². The second-order valence-electron chi connectivity index (χ2n) is 5.78. The number of piperidine rings is 1. The number of nitrogens with one attached hydrogen (secondary N) is 1. The van der Waals surface area contributed by atoms with Crippen LogP contribution in [0.15, 0.2) is 10.8 Å². The van der Waals surface area contributed by atoms with Crippen LogP contribution in [0.1, 0.15) is 55.3 Å². The molecule has 0 bridgehead atoms. The van der Waals surface area contributed by atoms with Gasteiger partial charge in [-0.15, -0.1) is 0 Å². The Morgan fingerprint density at radius 1 is 1.48 bits per heavy atom. The number of unbranched alkanes of at least 4 members (excludes halogenated alkanes) is 1. The molecular formula is C15H22F3N3O2. The molecule has 0 aliphatic carbocycles. The molecule has 0 spiro atoms. The molecule has 1 aromatic rings. The van der Waals surface area contributed by atoms with E-state index < -0.39 is 23.5 Å². The Morgan fingerprint density at radius 2 is 2.26 bits per heavy atom. The van der Waals surface area contributed by atoms with Crippen LogP contribution in [-0.2, 0) is 6.18 Å². The first-order valence-corrected chi connectivity index (χ1v) is 7.96. The molecule has 0 saturated carbocycles. The average molecular weight is 333 g/mol. The summed E-state index contributed by atoms with van der Waals surface area (Å²) in [7, 11) is 0. The normalized spacial score (nSPS) is 19.7. The van der Waals surface area contributed by atoms with E-state index in [1.54, 1.807) is 0 Å². The third-order valence-electron chi connectivity index (χ3n) is 4.09. The van der Waals surface area contributed by atoms with Crippen LogP contribution in [-0.4, -0.2) is 41.5 Å². The predicted octanol–water partition coefficient (Wildman–Crippen LogP) is 3.08. The second kappa shape index (κ2) is 7.81. The van der Waals surface area contributed by atoms with E-state index in [2.05, 4.69) is 26.5 Å². The van der Waals surface area contributed by atoms with Crippen molar-refractivity contribution in [3.8, 4) is 0 Å². The van der Waals surface area contributed by atoms with Crippen LogP contribution in [0.2, 0.25) is 0 Å². The fraction of sp³-hybridized carbons (Fsp3) is 0.733. The molecule has 0 aromatic carbocycles. The molecule has 5 nitrogen and oxygen atoms in total. The smallest absolute Gasteiger partial charge is 0.438 e. The molecule has 1 aromatic heterocycles. The Morgan fingerprint density at radius 3 is 2.96 bits per heavy atom. The number of carbonyl (C=O) groups is 1. The van der Waals surface area contributed by atoms with E-state index in [1.165, 1.54) is 0 Å². The predicted molar refractivity (Wildman–Crippen MR) is 78.0 cm³/mol. The van der Waals surface area contributed by atoms with Gasteiger partial charge in [0.2, 0.25) is 5.76 Å². The number of carbonyl (C=O) groups excluding carboxylic acids is 1. The summed E-state index contributed by atoms with van der Waals surface area (Å²) in [6.07, 6.45) is 1.22. The van der Waals surface area contributed by atoms with E-state index in [4.69, 9.17) is 0 Å². The summed E-state index contributed by atoms with van der Waals surface area (Å²) in [6.45, 7) is 4.36. The zero-order valence-corrected chi connectivity index (χ0v) is 13.2. The van der Waals surface area contributed by atoms with Crippen molar-refractivity contribution in [3.63, 3.8) is 0 Å². The van der Waals surface area contributed by atoms with Gasteiger partial charge in [0.25, 0.3) is 5.91 Å². The van der Waals surface area contributed by atoms with Gasteiger partial charge in [-0.25, -0.2) is 4.98 Å². The number of likely N-dealkylation sites (tertiary alicyclic amines) is 1. The Balaban J connectivity index is 1.94. The first-order valence-electron chi connectivity index (χ1n) is 7.96. The molecule has 1 N–H and O–H groups in total. The van der Waals surface area contributed by atoms with Crippen molar-refractivity contribution in [2.75, 3.05) is 19.6 Å². The maximum atomic E-state index is 12.7. The van der Waals surface area contributed by atoms with Crippen molar-refractivity contribution < 1.29 is 22.4 Å². The van der Waals surface area contributed by atoms with Crippen LogP contribution in [0, 0.1) is 0 Å². The summed E-state index contributed by atoms with van der Waals surface area (Å²) in [5, 5.41) is 2.57. The van der Waals surface area contributed by atoms with Crippen molar-refractivity contribution in [1.29, 1.82) is 0 Å². The summed E-state index contributed by atoms with van der Waals surface area (Å²) in [6, 6.07) is 0.167. The maximum absolute atomic E-state index is 12.7. The van der Waals surface area contributed by atoms with E-state index in [0.29, 0.717) is 12.9 Å². The highest BCUT2D eigenvalue weighted by molar-refractivity contribution is 5.93. The van der Waals surface area contributed by atoms with Gasteiger partial charge in [-0.05, 0) is 32.4 Å². The lowest BCUT2D eigenvalue weighted by Crippen LogP contribution is -2.47. The van der Waals surface area contributed by atoms with Crippen molar-refractivity contribution >= 4 is 5.91 Å². The van der Waals surface area contributed by atoms with Crippen LogP contribution >= 0.6 is 0 Å². The third kappa shape index (κ3) is 4.70. The van der Waals surface area contributed by atoms with E-state index in [0.717, 1.165) is 45.2 Å². The molecule has 8 heteroatoms. The fourth-order valence-corrected chi connectivity index (χ4v) is 2.85. The number of rotatable bonds is 6. The highest BCUT2D eigenvalue weighted by atomic mass is 19.4. The van der Waals surface area contributed by atoms with Gasteiger partial charge in [0.05, 0.1) is 0 Å². The lowest BCUT2D eigenvalue weighted by molar-refractivity contribution is -0.153. The van der Waals surface area contributed by atoms with Crippen molar-refractivity contribution in [2.45, 2.75) is 51.2 Å². The van der Waals surface area contributed by atoms with Gasteiger partial charge in [0.1, 0.15) is 0 Å². The molecule has 1 fully saturated rings. The van der Waals surface area contributed by atoms with Crippen LogP contribution in [0.5, 0.6) is 0 Å². The summed E-state index contributed by atoms with van der Waals surface area (Å²) >= 11 is 0. The zero-order chi connectivity index (χ0) is 16.9. The first-order chi connectivity index (χ1) is 10.9. The minimum absolute atomic E-state index is 0.167. The van der Waals surface area contributed by atoms with Gasteiger partial charge >= 0.3 is 6.18 Å². The lowest BCUT2D eigenvalue weighted by atomic mass is 10.0. The summed E-state index contributed by atoms with van der Waals surface area (Å²) in [5.41, 5.74) is -0.701. The SMILES string of the molecule is CCCCN1CCCCC1CNC(=O)c1ncoc1C(F)(F)F. The topological polar surface area (TPSA) is 58.4 Å². The number of hydrogen-bond acceptors (Lipinski definition) is 4. The maximum Gasteiger partial charge on any atom is 0.452 e. The van der Waals surface area contributed by atoms with Crippen molar-refractivity contribution in [2.24, 2.45) is 0 Å². The lowest BCUT2D eigenvalue weighted by Gasteiger charge is -2.35. The molecule has 23 heavy (non-hydrogen) atoms. The highest BCUT2D eigenvalue weighted by Crippen LogP contribution is 2.31. The molecule has 130 valence electrons. The molecule has 0 radical (unpaired) electrons. The number of hydrogen-bond donors (Lipinski definition) is 1. The second-order valence-corrected chi connectivity index (χ2v) is 5.78. The van der Waals surface area contributed by atoms with Crippen LogP contribution in [0.25, 0.3) is 0 Å². The van der Waals surface area contributed by atoms with Gasteiger partial charge in [-0.2, -0.15) is 13.2 Å². The van der Waals surface area contributed by atoms with E-state index in [9.17, 15) is 18.0 Å². The quantitative estimate of drug-likeness (QED) is 0.869. The van der Waals surface area contributed by atoms with E-state index >= 15 is 0 Å². The molecular weight excluding hydrogens is 311 g/mol. The summed E-state index contributed by atoms with van der Waals surface area (Å²) in [5.74, 6) is -2.19. The number of oxazole rings is 1. The number of amides is 1. The van der Waals surface area contributed by atoms with Crippen molar-refractivity contribution in [3.05, 3.63) is 17.8 Å². The Bertz CT molecular complexity index is 516. The molecule has 2 heterocycles. The molecule has 1 atom stereocenters. The van der Waals surface area contributed by atoms with E-state index in [1.807, 2.05) is 0 Å². The van der Waals surface area contributed by atoms with Crippen LogP contribution in [0.4, 0.5) is 13.2 Å². The standard InChI is InChI=1S/C15H22F3N3O2/c1-2-3-7-21-8-5-4-6-11(21)9-19-14(22)12-13(15(16,17)18)23-10-20-12/h10-11H,2-9H2,1H3,(H,19,22). The van der Waals surface area contributed by atoms with Gasteiger partial charge in [0, 0.05) is 12.6 Å². The van der Waals surface area contributed by atoms with Gasteiger partial charge in [-0.1, -0.05) is 19.8 Å². The number of alkyl halides is 3. The largest absolute Gasteiger partial charge is 0.452 e. The molecule has 1 aliphatic rings. The average Bonchev–Trinajstić information content (AvgIpc) is 3.01. The Kier molecular flexibility index (Phi) is 6.04. The summed E-state index contributed by atoms with van der Waals surface area (Å²) in [4.78, 5) is 17.7. The highest BCUT2D eigenvalue weighted by Gasteiger charge is 2.40. The molecule has 1 aliphatic heterocycles. The van der Waals surface area contributed by atoms with E-state index in [-0.39, 0.29) is 6.04 Å².